The molecule has 0 aliphatic heterocycles. The van der Waals surface area contributed by atoms with E-state index in [0.29, 0.717) is 12.2 Å². The summed E-state index contributed by atoms with van der Waals surface area (Å²) < 4.78 is 5.65. The first-order chi connectivity index (χ1) is 15.7. The maximum atomic E-state index is 12.5. The molecule has 0 unspecified atom stereocenters. The summed E-state index contributed by atoms with van der Waals surface area (Å²) in [5, 5.41) is 4.05. The highest BCUT2D eigenvalue weighted by Gasteiger charge is 2.44. The molecule has 0 saturated heterocycles. The molecule has 0 atom stereocenters. The van der Waals surface area contributed by atoms with Gasteiger partial charge in [0.25, 0.3) is 0 Å². The molecule has 0 spiro atoms. The molecule has 0 aliphatic carbocycles. The summed E-state index contributed by atoms with van der Waals surface area (Å²) in [5.41, 5.74) is 1.73. The molecule has 0 saturated carbocycles. The first kappa shape index (κ1) is 22.0. The average molecular weight is 440 g/mol. The quantitative estimate of drug-likeness (QED) is 0.205. The molecule has 32 heavy (non-hydrogen) atoms. The molecule has 4 aromatic rings. The third-order valence-corrected chi connectivity index (χ3v) is 10.3. The van der Waals surface area contributed by atoms with Crippen molar-refractivity contribution in [1.29, 1.82) is 0 Å². The standard InChI is InChI=1S/C29H28O2P/c1-24-18-20-25(21-19-24)29(30)31-22-11-23-32(26-12-5-2-6-13-26,27-14-7-3-8-15-27)28-16-9-4-10-17-28/h2-10,12-21H,11,22-23H2,1H3/q+1. The Balaban J connectivity index is 1.61. The first-order valence-electron chi connectivity index (χ1n) is 11.0. The zero-order chi connectivity index (χ0) is 22.2. The summed E-state index contributed by atoms with van der Waals surface area (Å²) in [6.45, 7) is 2.41. The van der Waals surface area contributed by atoms with Gasteiger partial charge >= 0.3 is 5.97 Å². The average Bonchev–Trinajstić information content (AvgIpc) is 2.86. The molecule has 160 valence electrons. The van der Waals surface area contributed by atoms with Crippen LogP contribution in [0.4, 0.5) is 0 Å². The third kappa shape index (κ3) is 4.82. The second-order valence-electron chi connectivity index (χ2n) is 7.90. The van der Waals surface area contributed by atoms with Gasteiger partial charge in [-0.15, -0.1) is 0 Å². The van der Waals surface area contributed by atoms with E-state index in [2.05, 4.69) is 91.0 Å². The topological polar surface area (TPSA) is 26.3 Å². The van der Waals surface area contributed by atoms with Crippen LogP contribution in [-0.2, 0) is 4.74 Å². The molecule has 2 nitrogen and oxygen atoms in total. The van der Waals surface area contributed by atoms with Crippen LogP contribution < -0.4 is 15.9 Å². The Labute approximate surface area is 191 Å². The lowest BCUT2D eigenvalue weighted by Crippen LogP contribution is -2.33. The lowest BCUT2D eigenvalue weighted by atomic mass is 10.1. The minimum atomic E-state index is -1.88. The molecule has 0 bridgehead atoms. The predicted molar refractivity (Wildman–Crippen MR) is 136 cm³/mol. The van der Waals surface area contributed by atoms with Gasteiger partial charge in [-0.1, -0.05) is 72.3 Å². The van der Waals surface area contributed by atoms with Crippen molar-refractivity contribution in [3.8, 4) is 0 Å². The van der Waals surface area contributed by atoms with Gasteiger partial charge in [0.15, 0.2) is 0 Å². The van der Waals surface area contributed by atoms with Crippen LogP contribution in [0.25, 0.3) is 0 Å². The normalized spacial score (nSPS) is 11.2. The molecule has 0 aliphatic rings. The van der Waals surface area contributed by atoms with Crippen molar-refractivity contribution in [2.75, 3.05) is 12.8 Å². The molecule has 0 fully saturated rings. The van der Waals surface area contributed by atoms with Crippen molar-refractivity contribution >= 4 is 29.1 Å². The van der Waals surface area contributed by atoms with Crippen LogP contribution >= 0.6 is 7.26 Å². The van der Waals surface area contributed by atoms with Gasteiger partial charge in [-0.2, -0.15) is 0 Å². The molecular formula is C29H28O2P+. The Kier molecular flexibility index (Phi) is 7.14. The van der Waals surface area contributed by atoms with E-state index < -0.39 is 7.26 Å². The molecule has 0 amide bonds. The fourth-order valence-electron chi connectivity index (χ4n) is 4.12. The Morgan fingerprint density at radius 2 is 1.09 bits per heavy atom. The van der Waals surface area contributed by atoms with Gasteiger partial charge in [0.05, 0.1) is 18.3 Å². The van der Waals surface area contributed by atoms with E-state index >= 15 is 0 Å². The molecular weight excluding hydrogens is 411 g/mol. The highest BCUT2D eigenvalue weighted by atomic mass is 31.2. The minimum absolute atomic E-state index is 0.256. The monoisotopic (exact) mass is 439 g/mol. The molecule has 0 N–H and O–H groups in total. The summed E-state index contributed by atoms with van der Waals surface area (Å²) >= 11 is 0. The van der Waals surface area contributed by atoms with E-state index in [1.54, 1.807) is 0 Å². The van der Waals surface area contributed by atoms with E-state index in [0.717, 1.165) is 18.1 Å². The fraction of sp³-hybridized carbons (Fsp3) is 0.138. The maximum Gasteiger partial charge on any atom is 0.338 e. The summed E-state index contributed by atoms with van der Waals surface area (Å²) in [6.07, 6.45) is 1.73. The predicted octanol–water partition coefficient (Wildman–Crippen LogP) is 5.54. The van der Waals surface area contributed by atoms with Crippen LogP contribution in [-0.4, -0.2) is 18.7 Å². The Morgan fingerprint density at radius 1 is 0.656 bits per heavy atom. The van der Waals surface area contributed by atoms with Crippen molar-refractivity contribution in [1.82, 2.24) is 0 Å². The van der Waals surface area contributed by atoms with Crippen molar-refractivity contribution in [2.24, 2.45) is 0 Å². The van der Waals surface area contributed by atoms with Crippen LogP contribution in [0.3, 0.4) is 0 Å². The summed E-state index contributed by atoms with van der Waals surface area (Å²) in [6, 6.07) is 39.9. The van der Waals surface area contributed by atoms with Gasteiger partial charge in [-0.05, 0) is 55.5 Å². The fourth-order valence-corrected chi connectivity index (χ4v) is 8.44. The van der Waals surface area contributed by atoms with Gasteiger partial charge in [-0.25, -0.2) is 4.79 Å². The van der Waals surface area contributed by atoms with Crippen LogP contribution in [0.2, 0.25) is 0 Å². The van der Waals surface area contributed by atoms with Gasteiger partial charge in [0.2, 0.25) is 0 Å². The van der Waals surface area contributed by atoms with Crippen molar-refractivity contribution in [3.05, 3.63) is 126 Å². The lowest BCUT2D eigenvalue weighted by Gasteiger charge is -2.27. The van der Waals surface area contributed by atoms with E-state index in [9.17, 15) is 4.79 Å². The minimum Gasteiger partial charge on any atom is -0.462 e. The smallest absolute Gasteiger partial charge is 0.338 e. The Morgan fingerprint density at radius 3 is 1.53 bits per heavy atom. The second-order valence-corrected chi connectivity index (χ2v) is 11.5. The summed E-state index contributed by atoms with van der Waals surface area (Å²) in [4.78, 5) is 12.5. The first-order valence-corrected chi connectivity index (χ1v) is 13.0. The number of aryl methyl sites for hydroxylation is 1. The molecule has 3 heteroatoms. The number of hydrogen-bond acceptors (Lipinski definition) is 2. The number of benzene rings is 4. The maximum absolute atomic E-state index is 12.5. The molecule has 0 aromatic heterocycles. The van der Waals surface area contributed by atoms with Gasteiger partial charge in [0, 0.05) is 6.42 Å². The van der Waals surface area contributed by atoms with Crippen LogP contribution in [0.5, 0.6) is 0 Å². The van der Waals surface area contributed by atoms with Crippen LogP contribution in [0.15, 0.2) is 115 Å². The molecule has 4 rings (SSSR count). The van der Waals surface area contributed by atoms with Gasteiger partial charge in [0.1, 0.15) is 23.2 Å². The number of carbonyl (C=O) groups excluding carboxylic acids is 1. The van der Waals surface area contributed by atoms with E-state index in [4.69, 9.17) is 4.74 Å². The number of carbonyl (C=O) groups is 1. The SMILES string of the molecule is Cc1ccc(C(=O)OCCC[P+](c2ccccc2)(c2ccccc2)c2ccccc2)cc1. The summed E-state index contributed by atoms with van der Waals surface area (Å²) in [7, 11) is -1.88. The van der Waals surface area contributed by atoms with Crippen LogP contribution in [0, 0.1) is 6.92 Å². The van der Waals surface area contributed by atoms with E-state index in [1.165, 1.54) is 15.9 Å². The molecule has 4 aromatic carbocycles. The van der Waals surface area contributed by atoms with E-state index in [1.807, 2.05) is 31.2 Å². The Hall–Kier alpha value is -3.22. The highest BCUT2D eigenvalue weighted by Crippen LogP contribution is 2.55. The zero-order valence-electron chi connectivity index (χ0n) is 18.4. The summed E-state index contributed by atoms with van der Waals surface area (Å²) in [5.74, 6) is -0.256. The largest absolute Gasteiger partial charge is 0.462 e. The molecule has 0 radical (unpaired) electrons. The van der Waals surface area contributed by atoms with Crippen molar-refractivity contribution in [2.45, 2.75) is 13.3 Å². The van der Waals surface area contributed by atoms with Gasteiger partial charge in [-0.3, -0.25) is 0 Å². The zero-order valence-corrected chi connectivity index (χ0v) is 19.2. The number of esters is 1. The number of ether oxygens (including phenoxy) is 1. The van der Waals surface area contributed by atoms with Crippen LogP contribution in [0.1, 0.15) is 22.3 Å². The number of hydrogen-bond donors (Lipinski definition) is 0. The molecule has 0 heterocycles. The number of rotatable bonds is 8. The van der Waals surface area contributed by atoms with Gasteiger partial charge < -0.3 is 4.74 Å². The second kappa shape index (κ2) is 10.4. The van der Waals surface area contributed by atoms with Crippen molar-refractivity contribution < 1.29 is 9.53 Å². The highest BCUT2D eigenvalue weighted by molar-refractivity contribution is 7.95. The van der Waals surface area contributed by atoms with Crippen molar-refractivity contribution in [3.63, 3.8) is 0 Å². The van der Waals surface area contributed by atoms with E-state index in [-0.39, 0.29) is 5.97 Å². The Bertz CT molecular complexity index is 1030. The third-order valence-electron chi connectivity index (χ3n) is 5.75. The lowest BCUT2D eigenvalue weighted by molar-refractivity contribution is 0.0506.